The SMILES string of the molecule is C[C@@H]1CC[C@@H](n2ncc(C(C)(C)O)n2)CN1C(=O)c1cc(F)ccc1-n1nccn1. The first kappa shape index (κ1) is 20.1. The van der Waals surface area contributed by atoms with Crippen LogP contribution in [0, 0.1) is 5.82 Å². The molecule has 0 spiro atoms. The summed E-state index contributed by atoms with van der Waals surface area (Å²) < 4.78 is 14.0. The van der Waals surface area contributed by atoms with Gasteiger partial charge in [0.15, 0.2) is 0 Å². The molecule has 9 nitrogen and oxygen atoms in total. The number of carbonyl (C=O) groups is 1. The Labute approximate surface area is 173 Å². The van der Waals surface area contributed by atoms with Crippen molar-refractivity contribution in [3.63, 3.8) is 0 Å². The molecule has 10 heteroatoms. The second-order valence-electron chi connectivity index (χ2n) is 8.13. The van der Waals surface area contributed by atoms with E-state index in [1.807, 2.05) is 6.92 Å². The zero-order valence-corrected chi connectivity index (χ0v) is 17.1. The van der Waals surface area contributed by atoms with Crippen LogP contribution in [0.3, 0.4) is 0 Å². The molecule has 3 aromatic rings. The second kappa shape index (κ2) is 7.60. The van der Waals surface area contributed by atoms with Gasteiger partial charge in [0.05, 0.1) is 35.9 Å². The van der Waals surface area contributed by atoms with Gasteiger partial charge in [0.25, 0.3) is 5.91 Å². The van der Waals surface area contributed by atoms with Crippen molar-refractivity contribution in [1.82, 2.24) is 34.9 Å². The first-order chi connectivity index (χ1) is 14.2. The normalized spacial score (nSPS) is 19.8. The summed E-state index contributed by atoms with van der Waals surface area (Å²) in [4.78, 5) is 18.0. The molecule has 0 saturated carbocycles. The lowest BCUT2D eigenvalue weighted by Crippen LogP contribution is -2.46. The van der Waals surface area contributed by atoms with Gasteiger partial charge < -0.3 is 10.0 Å². The van der Waals surface area contributed by atoms with E-state index < -0.39 is 11.4 Å². The van der Waals surface area contributed by atoms with Crippen molar-refractivity contribution in [1.29, 1.82) is 0 Å². The van der Waals surface area contributed by atoms with Gasteiger partial charge >= 0.3 is 0 Å². The van der Waals surface area contributed by atoms with Crippen LogP contribution in [-0.2, 0) is 5.60 Å². The third-order valence-corrected chi connectivity index (χ3v) is 5.40. The molecule has 30 heavy (non-hydrogen) atoms. The molecule has 158 valence electrons. The van der Waals surface area contributed by atoms with Gasteiger partial charge in [-0.3, -0.25) is 4.79 Å². The molecule has 1 fully saturated rings. The van der Waals surface area contributed by atoms with Crippen molar-refractivity contribution >= 4 is 5.91 Å². The lowest BCUT2D eigenvalue weighted by molar-refractivity contribution is 0.0532. The Hall–Kier alpha value is -3.14. The van der Waals surface area contributed by atoms with E-state index in [4.69, 9.17) is 0 Å². The first-order valence-electron chi connectivity index (χ1n) is 9.86. The van der Waals surface area contributed by atoms with Crippen molar-refractivity contribution in [2.45, 2.75) is 51.3 Å². The fourth-order valence-corrected chi connectivity index (χ4v) is 3.64. The summed E-state index contributed by atoms with van der Waals surface area (Å²) in [5.74, 6) is -0.798. The number of piperidine rings is 1. The zero-order valence-electron chi connectivity index (χ0n) is 17.1. The van der Waals surface area contributed by atoms with Crippen LogP contribution in [0.5, 0.6) is 0 Å². The third-order valence-electron chi connectivity index (χ3n) is 5.40. The van der Waals surface area contributed by atoms with Crippen LogP contribution >= 0.6 is 0 Å². The number of halogens is 1. The summed E-state index contributed by atoms with van der Waals surface area (Å²) in [5, 5.41) is 27.0. The van der Waals surface area contributed by atoms with Gasteiger partial charge in [0.1, 0.15) is 17.1 Å². The van der Waals surface area contributed by atoms with Gasteiger partial charge in [-0.1, -0.05) is 0 Å². The van der Waals surface area contributed by atoms with Crippen molar-refractivity contribution in [2.24, 2.45) is 0 Å². The van der Waals surface area contributed by atoms with E-state index in [0.717, 1.165) is 12.8 Å². The number of likely N-dealkylation sites (tertiary alicyclic amines) is 1. The number of rotatable bonds is 4. The molecule has 0 unspecified atom stereocenters. The highest BCUT2D eigenvalue weighted by Gasteiger charge is 2.33. The minimum atomic E-state index is -1.09. The molecule has 1 aliphatic rings. The van der Waals surface area contributed by atoms with Crippen LogP contribution in [0.25, 0.3) is 5.69 Å². The van der Waals surface area contributed by atoms with E-state index in [-0.39, 0.29) is 23.6 Å². The Morgan fingerprint density at radius 2 is 1.93 bits per heavy atom. The Balaban J connectivity index is 1.63. The molecule has 1 aliphatic heterocycles. The molecule has 2 atom stereocenters. The minimum absolute atomic E-state index is 0.0280. The lowest BCUT2D eigenvalue weighted by Gasteiger charge is -2.37. The molecule has 1 aromatic carbocycles. The number of hydrogen-bond donors (Lipinski definition) is 1. The highest BCUT2D eigenvalue weighted by molar-refractivity contribution is 5.98. The summed E-state index contributed by atoms with van der Waals surface area (Å²) in [7, 11) is 0. The maximum Gasteiger partial charge on any atom is 0.256 e. The quantitative estimate of drug-likeness (QED) is 0.703. The predicted octanol–water partition coefficient (Wildman–Crippen LogP) is 2.09. The van der Waals surface area contributed by atoms with E-state index >= 15 is 0 Å². The highest BCUT2D eigenvalue weighted by Crippen LogP contribution is 2.28. The monoisotopic (exact) mass is 413 g/mol. The molecule has 1 saturated heterocycles. The molecule has 3 heterocycles. The molecule has 0 radical (unpaired) electrons. The van der Waals surface area contributed by atoms with Gasteiger partial charge in [-0.25, -0.2) is 4.39 Å². The zero-order chi connectivity index (χ0) is 21.5. The Bertz CT molecular complexity index is 1040. The van der Waals surface area contributed by atoms with Crippen molar-refractivity contribution < 1.29 is 14.3 Å². The summed E-state index contributed by atoms with van der Waals surface area (Å²) in [6.07, 6.45) is 6.09. The van der Waals surface area contributed by atoms with E-state index in [2.05, 4.69) is 20.4 Å². The standard InChI is InChI=1S/C20H24FN7O2/c1-13-4-6-15(27-24-11-18(25-27)20(2,3)30)12-26(13)19(29)16-10-14(21)5-7-17(16)28-22-8-9-23-28/h5,7-11,13,15,30H,4,6,12H2,1-3H3/t13-,15-/m1/s1. The number of aromatic nitrogens is 6. The van der Waals surface area contributed by atoms with E-state index in [0.29, 0.717) is 17.9 Å². The number of aliphatic hydroxyl groups is 1. The number of amides is 1. The van der Waals surface area contributed by atoms with E-state index in [1.54, 1.807) is 23.5 Å². The molecular formula is C20H24FN7O2. The topological polar surface area (TPSA) is 102 Å². The summed E-state index contributed by atoms with van der Waals surface area (Å²) in [6.45, 7) is 5.64. The molecular weight excluding hydrogens is 389 g/mol. The Morgan fingerprint density at radius 3 is 2.60 bits per heavy atom. The predicted molar refractivity (Wildman–Crippen MR) is 105 cm³/mol. The second-order valence-corrected chi connectivity index (χ2v) is 8.13. The van der Waals surface area contributed by atoms with Gasteiger partial charge in [0.2, 0.25) is 0 Å². The van der Waals surface area contributed by atoms with Gasteiger partial charge in [-0.05, 0) is 51.8 Å². The van der Waals surface area contributed by atoms with Crippen LogP contribution in [0.1, 0.15) is 55.7 Å². The van der Waals surface area contributed by atoms with Crippen LogP contribution < -0.4 is 0 Å². The van der Waals surface area contributed by atoms with Crippen LogP contribution in [0.15, 0.2) is 36.8 Å². The fraction of sp³-hybridized carbons (Fsp3) is 0.450. The van der Waals surface area contributed by atoms with Crippen molar-refractivity contribution in [3.05, 3.63) is 53.9 Å². The average Bonchev–Trinajstić information content (AvgIpc) is 3.39. The van der Waals surface area contributed by atoms with Gasteiger partial charge in [0, 0.05) is 12.6 Å². The molecule has 2 aromatic heterocycles. The Kier molecular flexibility index (Phi) is 5.10. The largest absolute Gasteiger partial charge is 0.384 e. The summed E-state index contributed by atoms with van der Waals surface area (Å²) in [5.41, 5.74) is -0.00844. The molecule has 0 aliphatic carbocycles. The number of benzene rings is 1. The number of hydrogen-bond acceptors (Lipinski definition) is 6. The molecule has 1 amide bonds. The smallest absolute Gasteiger partial charge is 0.256 e. The van der Waals surface area contributed by atoms with Crippen LogP contribution in [0.4, 0.5) is 4.39 Å². The van der Waals surface area contributed by atoms with Crippen molar-refractivity contribution in [3.8, 4) is 5.69 Å². The summed E-state index contributed by atoms with van der Waals surface area (Å²) in [6, 6.07) is 3.83. The first-order valence-corrected chi connectivity index (χ1v) is 9.86. The molecule has 0 bridgehead atoms. The van der Waals surface area contributed by atoms with E-state index in [1.165, 1.54) is 41.6 Å². The third kappa shape index (κ3) is 3.82. The maximum absolute atomic E-state index is 14.0. The number of nitrogens with zero attached hydrogens (tertiary/aromatic N) is 7. The van der Waals surface area contributed by atoms with E-state index in [9.17, 15) is 14.3 Å². The minimum Gasteiger partial charge on any atom is -0.384 e. The number of carbonyl (C=O) groups excluding carboxylic acids is 1. The fourth-order valence-electron chi connectivity index (χ4n) is 3.64. The van der Waals surface area contributed by atoms with Gasteiger partial charge in [-0.15, -0.1) is 0 Å². The van der Waals surface area contributed by atoms with Crippen molar-refractivity contribution in [2.75, 3.05) is 6.54 Å². The highest BCUT2D eigenvalue weighted by atomic mass is 19.1. The Morgan fingerprint density at radius 1 is 1.20 bits per heavy atom. The van der Waals surface area contributed by atoms with Crippen LogP contribution in [-0.4, -0.2) is 58.5 Å². The maximum atomic E-state index is 14.0. The van der Waals surface area contributed by atoms with Gasteiger partial charge in [-0.2, -0.15) is 30.0 Å². The lowest BCUT2D eigenvalue weighted by atomic mass is 9.98. The average molecular weight is 413 g/mol. The molecule has 4 rings (SSSR count). The molecule has 1 N–H and O–H groups in total. The van der Waals surface area contributed by atoms with Crippen LogP contribution in [0.2, 0.25) is 0 Å². The summed E-state index contributed by atoms with van der Waals surface area (Å²) >= 11 is 0.